The molecule has 1 aliphatic heterocycles. The molecule has 0 saturated carbocycles. The molecule has 1 aliphatic rings. The summed E-state index contributed by atoms with van der Waals surface area (Å²) in [4.78, 5) is 1.26. The van der Waals surface area contributed by atoms with Gasteiger partial charge in [0.05, 0.1) is 18.2 Å². The highest BCUT2D eigenvalue weighted by Gasteiger charge is 2.30. The second-order valence-corrected chi connectivity index (χ2v) is 6.26. The van der Waals surface area contributed by atoms with Gasteiger partial charge in [-0.05, 0) is 29.3 Å². The molecule has 2 nitrogen and oxygen atoms in total. The minimum absolute atomic E-state index is 0.113. The van der Waals surface area contributed by atoms with Gasteiger partial charge in [0, 0.05) is 16.6 Å². The number of rotatable bonds is 3. The molecule has 0 spiro atoms. The molecule has 0 bridgehead atoms. The summed E-state index contributed by atoms with van der Waals surface area (Å²) < 4.78 is 5.22. The maximum Gasteiger partial charge on any atom is 0.137 e. The lowest BCUT2D eigenvalue weighted by Gasteiger charge is -2.19. The molecule has 0 amide bonds. The van der Waals surface area contributed by atoms with Gasteiger partial charge in [-0.3, -0.25) is 0 Å². The van der Waals surface area contributed by atoms with E-state index in [1.165, 1.54) is 10.5 Å². The van der Waals surface area contributed by atoms with Crippen molar-refractivity contribution in [2.75, 3.05) is 12.9 Å². The summed E-state index contributed by atoms with van der Waals surface area (Å²) in [6.45, 7) is 0. The molecule has 1 N–H and O–H groups in total. The monoisotopic (exact) mass is 306 g/mol. The molecule has 0 aromatic heterocycles. The van der Waals surface area contributed by atoms with Crippen LogP contribution in [0.5, 0.6) is 5.75 Å². The van der Waals surface area contributed by atoms with Crippen LogP contribution in [-0.2, 0) is 0 Å². The number of thioether (sulfide) groups is 1. The van der Waals surface area contributed by atoms with Gasteiger partial charge < -0.3 is 9.84 Å². The molecule has 0 aliphatic carbocycles. The van der Waals surface area contributed by atoms with Gasteiger partial charge in [-0.1, -0.05) is 35.9 Å². The summed E-state index contributed by atoms with van der Waals surface area (Å²) in [6.07, 6.45) is -0.544. The van der Waals surface area contributed by atoms with Crippen molar-refractivity contribution in [2.45, 2.75) is 16.9 Å². The fourth-order valence-corrected chi connectivity index (χ4v) is 4.02. The molecule has 0 fully saturated rings. The van der Waals surface area contributed by atoms with Crippen molar-refractivity contribution in [2.24, 2.45) is 0 Å². The van der Waals surface area contributed by atoms with Gasteiger partial charge in [-0.15, -0.1) is 11.8 Å². The number of benzene rings is 2. The fraction of sp³-hybridized carbons (Fsp3) is 0.250. The Hall–Kier alpha value is -1.16. The molecule has 2 atom stereocenters. The van der Waals surface area contributed by atoms with Gasteiger partial charge in [0.25, 0.3) is 0 Å². The highest BCUT2D eigenvalue weighted by atomic mass is 35.5. The Morgan fingerprint density at radius 2 is 2.10 bits per heavy atom. The summed E-state index contributed by atoms with van der Waals surface area (Å²) in [7, 11) is 1.58. The number of methoxy groups -OCH3 is 1. The van der Waals surface area contributed by atoms with Crippen LogP contribution >= 0.6 is 23.4 Å². The third-order valence-electron chi connectivity index (χ3n) is 3.63. The van der Waals surface area contributed by atoms with E-state index in [0.29, 0.717) is 10.8 Å². The predicted molar refractivity (Wildman–Crippen MR) is 82.9 cm³/mol. The highest BCUT2D eigenvalue weighted by molar-refractivity contribution is 7.99. The number of halogens is 1. The van der Waals surface area contributed by atoms with Crippen LogP contribution in [0.1, 0.15) is 23.1 Å². The van der Waals surface area contributed by atoms with E-state index in [2.05, 4.69) is 12.1 Å². The van der Waals surface area contributed by atoms with Crippen molar-refractivity contribution in [3.05, 3.63) is 58.6 Å². The van der Waals surface area contributed by atoms with Crippen LogP contribution in [0.2, 0.25) is 5.02 Å². The van der Waals surface area contributed by atoms with Gasteiger partial charge in [-0.2, -0.15) is 0 Å². The fourth-order valence-electron chi connectivity index (χ4n) is 2.54. The Bertz CT molecular complexity index is 630. The molecule has 1 heterocycles. The van der Waals surface area contributed by atoms with E-state index in [0.717, 1.165) is 11.3 Å². The summed E-state index contributed by atoms with van der Waals surface area (Å²) in [6, 6.07) is 13.7. The van der Waals surface area contributed by atoms with Gasteiger partial charge in [0.1, 0.15) is 5.75 Å². The first-order valence-electron chi connectivity index (χ1n) is 6.44. The van der Waals surface area contributed by atoms with E-state index in [-0.39, 0.29) is 5.92 Å². The van der Waals surface area contributed by atoms with Crippen LogP contribution in [0.4, 0.5) is 0 Å². The summed E-state index contributed by atoms with van der Waals surface area (Å²) >= 11 is 7.83. The topological polar surface area (TPSA) is 29.5 Å². The predicted octanol–water partition coefficient (Wildman–Crippen LogP) is 4.27. The van der Waals surface area contributed by atoms with Gasteiger partial charge >= 0.3 is 0 Å². The third kappa shape index (κ3) is 2.41. The van der Waals surface area contributed by atoms with Gasteiger partial charge in [0.15, 0.2) is 0 Å². The van der Waals surface area contributed by atoms with Crippen molar-refractivity contribution in [1.82, 2.24) is 0 Å². The zero-order chi connectivity index (χ0) is 14.1. The minimum atomic E-state index is -0.544. The Morgan fingerprint density at radius 1 is 1.30 bits per heavy atom. The second kappa shape index (κ2) is 5.68. The molecular formula is C16H15ClO2S. The van der Waals surface area contributed by atoms with E-state index < -0.39 is 6.10 Å². The average molecular weight is 307 g/mol. The smallest absolute Gasteiger partial charge is 0.137 e. The van der Waals surface area contributed by atoms with Crippen molar-refractivity contribution >= 4 is 23.4 Å². The maximum absolute atomic E-state index is 10.7. The molecule has 104 valence electrons. The van der Waals surface area contributed by atoms with Crippen LogP contribution in [0, 0.1) is 0 Å². The summed E-state index contributed by atoms with van der Waals surface area (Å²) in [5.41, 5.74) is 2.06. The normalized spacial score (nSPS) is 18.6. The number of aliphatic hydroxyl groups excluding tert-OH is 1. The lowest BCUT2D eigenvalue weighted by atomic mass is 9.91. The Balaban J connectivity index is 1.92. The molecule has 3 rings (SSSR count). The quantitative estimate of drug-likeness (QED) is 0.918. The van der Waals surface area contributed by atoms with E-state index in [1.807, 2.05) is 24.3 Å². The van der Waals surface area contributed by atoms with Crippen molar-refractivity contribution in [1.29, 1.82) is 0 Å². The number of hydrogen-bond donors (Lipinski definition) is 1. The SMILES string of the molecule is COc1cc(C(O)C2CSc3ccccc32)ccc1Cl. The van der Waals surface area contributed by atoms with Crippen molar-refractivity contribution < 1.29 is 9.84 Å². The van der Waals surface area contributed by atoms with E-state index in [9.17, 15) is 5.11 Å². The number of aliphatic hydroxyl groups is 1. The standard InChI is InChI=1S/C16H15ClO2S/c1-19-14-8-10(6-7-13(14)17)16(18)12-9-20-15-5-3-2-4-11(12)15/h2-8,12,16,18H,9H2,1H3. The van der Waals surface area contributed by atoms with Crippen LogP contribution in [-0.4, -0.2) is 18.0 Å². The summed E-state index contributed by atoms with van der Waals surface area (Å²) in [5, 5.41) is 11.2. The van der Waals surface area contributed by atoms with E-state index in [1.54, 1.807) is 24.9 Å². The number of ether oxygens (including phenoxy) is 1. The van der Waals surface area contributed by atoms with E-state index in [4.69, 9.17) is 16.3 Å². The Morgan fingerprint density at radius 3 is 2.90 bits per heavy atom. The lowest BCUT2D eigenvalue weighted by molar-refractivity contribution is 0.153. The third-order valence-corrected chi connectivity index (χ3v) is 5.16. The first-order chi connectivity index (χ1) is 9.70. The van der Waals surface area contributed by atoms with Crippen molar-refractivity contribution in [3.8, 4) is 5.75 Å². The van der Waals surface area contributed by atoms with Crippen LogP contribution in [0.25, 0.3) is 0 Å². The maximum atomic E-state index is 10.7. The average Bonchev–Trinajstić information content (AvgIpc) is 2.91. The van der Waals surface area contributed by atoms with Gasteiger partial charge in [0.2, 0.25) is 0 Å². The molecule has 0 saturated heterocycles. The zero-order valence-electron chi connectivity index (χ0n) is 11.0. The van der Waals surface area contributed by atoms with Crippen LogP contribution in [0.3, 0.4) is 0 Å². The molecular weight excluding hydrogens is 292 g/mol. The zero-order valence-corrected chi connectivity index (χ0v) is 12.6. The highest BCUT2D eigenvalue weighted by Crippen LogP contribution is 2.46. The lowest BCUT2D eigenvalue weighted by Crippen LogP contribution is -2.10. The number of fused-ring (bicyclic) bond motifs is 1. The molecule has 20 heavy (non-hydrogen) atoms. The van der Waals surface area contributed by atoms with Crippen LogP contribution < -0.4 is 4.74 Å². The van der Waals surface area contributed by atoms with Gasteiger partial charge in [-0.25, -0.2) is 0 Å². The molecule has 4 heteroatoms. The minimum Gasteiger partial charge on any atom is -0.495 e. The van der Waals surface area contributed by atoms with Crippen molar-refractivity contribution in [3.63, 3.8) is 0 Å². The molecule has 2 aromatic rings. The first kappa shape index (κ1) is 13.8. The molecule has 2 aromatic carbocycles. The first-order valence-corrected chi connectivity index (χ1v) is 7.80. The summed E-state index contributed by atoms with van der Waals surface area (Å²) in [5.74, 6) is 1.61. The molecule has 2 unspecified atom stereocenters. The van der Waals surface area contributed by atoms with E-state index >= 15 is 0 Å². The molecule has 0 radical (unpaired) electrons. The Kier molecular flexibility index (Phi) is 3.92. The van der Waals surface area contributed by atoms with Crippen LogP contribution in [0.15, 0.2) is 47.4 Å². The Labute approximate surface area is 127 Å². The largest absolute Gasteiger partial charge is 0.495 e. The second-order valence-electron chi connectivity index (χ2n) is 4.79. The number of hydrogen-bond acceptors (Lipinski definition) is 3.